The molecule has 3 aliphatic rings. The van der Waals surface area contributed by atoms with Crippen LogP contribution >= 0.6 is 11.8 Å². The van der Waals surface area contributed by atoms with Crippen LogP contribution in [0.15, 0.2) is 47.6 Å². The van der Waals surface area contributed by atoms with Gasteiger partial charge in [-0.3, -0.25) is 9.98 Å². The first-order valence-corrected chi connectivity index (χ1v) is 11.7. The Hall–Kier alpha value is -2.08. The quantitative estimate of drug-likeness (QED) is 0.694. The van der Waals surface area contributed by atoms with Crippen molar-refractivity contribution in [3.63, 3.8) is 0 Å². The number of fused-ring (bicyclic) bond motifs is 1. The maximum absolute atomic E-state index is 15.2. The van der Waals surface area contributed by atoms with Crippen LogP contribution in [-0.4, -0.2) is 39.9 Å². The van der Waals surface area contributed by atoms with Gasteiger partial charge in [0.15, 0.2) is 5.17 Å². The molecule has 2 aromatic rings. The molecule has 4 heterocycles. The van der Waals surface area contributed by atoms with E-state index in [9.17, 15) is 0 Å². The third kappa shape index (κ3) is 3.41. The van der Waals surface area contributed by atoms with E-state index in [1.165, 1.54) is 6.42 Å². The molecule has 152 valence electrons. The fourth-order valence-corrected chi connectivity index (χ4v) is 6.15. The SMILES string of the molecule is CC[C@H]1CSC2=N[C@H](c3ccccn3)[C@@H](c3ccc(N4CCCCC4)c(F)c3)N21. The summed E-state index contributed by atoms with van der Waals surface area (Å²) in [6.45, 7) is 4.12. The second kappa shape index (κ2) is 7.98. The predicted molar refractivity (Wildman–Crippen MR) is 118 cm³/mol. The number of aromatic nitrogens is 1. The summed E-state index contributed by atoms with van der Waals surface area (Å²) in [5, 5.41) is 1.08. The van der Waals surface area contributed by atoms with E-state index in [1.807, 2.05) is 42.2 Å². The van der Waals surface area contributed by atoms with Gasteiger partial charge in [0.05, 0.1) is 17.4 Å². The number of aliphatic imine (C=N–C) groups is 1. The van der Waals surface area contributed by atoms with Crippen LogP contribution in [0.2, 0.25) is 0 Å². The molecule has 3 aliphatic heterocycles. The molecule has 0 unspecified atom stereocenters. The first-order chi connectivity index (χ1) is 14.3. The number of benzene rings is 1. The maximum atomic E-state index is 15.2. The lowest BCUT2D eigenvalue weighted by Crippen LogP contribution is -2.35. The van der Waals surface area contributed by atoms with E-state index in [2.05, 4.69) is 27.8 Å². The Bertz CT molecular complexity index is 897. The molecule has 3 atom stereocenters. The van der Waals surface area contributed by atoms with Crippen LogP contribution in [0.5, 0.6) is 0 Å². The number of hydrogen-bond acceptors (Lipinski definition) is 5. The topological polar surface area (TPSA) is 31.7 Å². The highest BCUT2D eigenvalue weighted by atomic mass is 32.2. The molecule has 0 aliphatic carbocycles. The van der Waals surface area contributed by atoms with Crippen molar-refractivity contribution in [1.82, 2.24) is 9.88 Å². The summed E-state index contributed by atoms with van der Waals surface area (Å²) < 4.78 is 15.2. The summed E-state index contributed by atoms with van der Waals surface area (Å²) >= 11 is 1.82. The number of anilines is 1. The molecule has 0 N–H and O–H groups in total. The normalized spacial score (nSPS) is 26.6. The molecule has 1 aromatic heterocycles. The molecule has 0 amide bonds. The second-order valence-electron chi connectivity index (χ2n) is 8.09. The van der Waals surface area contributed by atoms with Crippen LogP contribution < -0.4 is 4.90 Å². The first kappa shape index (κ1) is 18.9. The van der Waals surface area contributed by atoms with E-state index in [0.717, 1.165) is 60.2 Å². The summed E-state index contributed by atoms with van der Waals surface area (Å²) in [5.74, 6) is 0.937. The van der Waals surface area contributed by atoms with E-state index in [0.29, 0.717) is 6.04 Å². The molecular weight excluding hydrogens is 383 g/mol. The Morgan fingerprint density at radius 1 is 1.14 bits per heavy atom. The van der Waals surface area contributed by atoms with Gasteiger partial charge >= 0.3 is 0 Å². The molecule has 2 saturated heterocycles. The van der Waals surface area contributed by atoms with Crippen molar-refractivity contribution in [1.29, 1.82) is 0 Å². The van der Waals surface area contributed by atoms with Gasteiger partial charge in [0.2, 0.25) is 0 Å². The summed E-state index contributed by atoms with van der Waals surface area (Å²) in [7, 11) is 0. The van der Waals surface area contributed by atoms with Crippen molar-refractivity contribution in [2.45, 2.75) is 50.7 Å². The lowest BCUT2D eigenvalue weighted by atomic mass is 9.94. The van der Waals surface area contributed by atoms with Crippen molar-refractivity contribution in [3.8, 4) is 0 Å². The smallest absolute Gasteiger partial charge is 0.160 e. The first-order valence-electron chi connectivity index (χ1n) is 10.7. The Balaban J connectivity index is 1.52. The van der Waals surface area contributed by atoms with Crippen LogP contribution in [-0.2, 0) is 0 Å². The highest BCUT2D eigenvalue weighted by molar-refractivity contribution is 8.14. The number of thioether (sulfide) groups is 1. The van der Waals surface area contributed by atoms with E-state index >= 15 is 4.39 Å². The minimum atomic E-state index is -0.113. The van der Waals surface area contributed by atoms with Gasteiger partial charge in [0.25, 0.3) is 0 Å². The molecule has 0 spiro atoms. The minimum Gasteiger partial charge on any atom is -0.369 e. The van der Waals surface area contributed by atoms with Crippen LogP contribution in [0.4, 0.5) is 10.1 Å². The van der Waals surface area contributed by atoms with Crippen molar-refractivity contribution in [3.05, 3.63) is 59.7 Å². The maximum Gasteiger partial charge on any atom is 0.160 e. The van der Waals surface area contributed by atoms with E-state index < -0.39 is 0 Å². The second-order valence-corrected chi connectivity index (χ2v) is 9.08. The third-order valence-electron chi connectivity index (χ3n) is 6.34. The Labute approximate surface area is 176 Å². The molecule has 29 heavy (non-hydrogen) atoms. The van der Waals surface area contributed by atoms with Gasteiger partial charge in [-0.05, 0) is 55.5 Å². The highest BCUT2D eigenvalue weighted by Crippen LogP contribution is 2.48. The zero-order valence-corrected chi connectivity index (χ0v) is 17.6. The summed E-state index contributed by atoms with van der Waals surface area (Å²) in [4.78, 5) is 14.2. The zero-order valence-electron chi connectivity index (χ0n) is 16.8. The standard InChI is InChI=1S/C23H27FN4S/c1-2-17-15-29-23-26-21(19-8-4-5-11-25-19)22(28(17)23)16-9-10-20(18(24)14-16)27-12-6-3-7-13-27/h4-5,8-11,14,17,21-22H,2-3,6-7,12-13,15H2,1H3/t17-,21+,22+/m0/s1. The molecule has 1 aromatic carbocycles. The fourth-order valence-electron chi connectivity index (χ4n) is 4.81. The minimum absolute atomic E-state index is 0.00440. The molecular formula is C23H27FN4S. The predicted octanol–water partition coefficient (Wildman–Crippen LogP) is 5.19. The number of amidine groups is 1. The number of pyridine rings is 1. The molecule has 5 rings (SSSR count). The molecule has 0 radical (unpaired) electrons. The lowest BCUT2D eigenvalue weighted by Gasteiger charge is -2.33. The van der Waals surface area contributed by atoms with Gasteiger partial charge in [0, 0.05) is 31.1 Å². The number of nitrogens with zero attached hydrogens (tertiary/aromatic N) is 4. The lowest BCUT2D eigenvalue weighted by molar-refractivity contribution is 0.255. The van der Waals surface area contributed by atoms with Gasteiger partial charge in [-0.1, -0.05) is 30.8 Å². The van der Waals surface area contributed by atoms with Crippen molar-refractivity contribution in [2.24, 2.45) is 4.99 Å². The zero-order chi connectivity index (χ0) is 19.8. The monoisotopic (exact) mass is 410 g/mol. The average molecular weight is 411 g/mol. The summed E-state index contributed by atoms with van der Waals surface area (Å²) in [5.41, 5.74) is 2.69. The third-order valence-corrected chi connectivity index (χ3v) is 7.47. The van der Waals surface area contributed by atoms with E-state index in [1.54, 1.807) is 6.07 Å². The molecule has 0 saturated carbocycles. The van der Waals surface area contributed by atoms with E-state index in [4.69, 9.17) is 4.99 Å². The van der Waals surface area contributed by atoms with Crippen molar-refractivity contribution >= 4 is 22.6 Å². The number of rotatable bonds is 4. The van der Waals surface area contributed by atoms with Crippen LogP contribution in [0.25, 0.3) is 0 Å². The van der Waals surface area contributed by atoms with Crippen LogP contribution in [0, 0.1) is 5.82 Å². The van der Waals surface area contributed by atoms with Gasteiger partial charge in [-0.15, -0.1) is 0 Å². The summed E-state index contributed by atoms with van der Waals surface area (Å²) in [6, 6.07) is 12.2. The molecule has 0 bridgehead atoms. The molecule has 4 nitrogen and oxygen atoms in total. The number of hydrogen-bond donors (Lipinski definition) is 0. The Kier molecular flexibility index (Phi) is 5.20. The van der Waals surface area contributed by atoms with Gasteiger partial charge in [-0.25, -0.2) is 4.39 Å². The van der Waals surface area contributed by atoms with Gasteiger partial charge in [-0.2, -0.15) is 0 Å². The largest absolute Gasteiger partial charge is 0.369 e. The fraction of sp³-hybridized carbons (Fsp3) is 0.478. The Morgan fingerprint density at radius 2 is 2.00 bits per heavy atom. The Morgan fingerprint density at radius 3 is 2.72 bits per heavy atom. The highest BCUT2D eigenvalue weighted by Gasteiger charge is 2.45. The van der Waals surface area contributed by atoms with Crippen LogP contribution in [0.1, 0.15) is 55.9 Å². The number of halogens is 1. The van der Waals surface area contributed by atoms with E-state index in [-0.39, 0.29) is 17.9 Å². The van der Waals surface area contributed by atoms with Gasteiger partial charge in [0.1, 0.15) is 11.9 Å². The molecule has 6 heteroatoms. The number of piperidine rings is 1. The van der Waals surface area contributed by atoms with Crippen molar-refractivity contribution in [2.75, 3.05) is 23.7 Å². The average Bonchev–Trinajstić information content (AvgIpc) is 3.34. The van der Waals surface area contributed by atoms with Gasteiger partial charge < -0.3 is 9.80 Å². The van der Waals surface area contributed by atoms with Crippen LogP contribution in [0.3, 0.4) is 0 Å². The molecule has 2 fully saturated rings. The van der Waals surface area contributed by atoms with Crippen molar-refractivity contribution < 1.29 is 4.39 Å². The summed E-state index contributed by atoms with van der Waals surface area (Å²) in [6.07, 6.45) is 6.42.